The van der Waals surface area contributed by atoms with E-state index in [2.05, 4.69) is 10.3 Å². The molecule has 0 radical (unpaired) electrons. The number of hydrogen-bond donors (Lipinski definition) is 3. The van der Waals surface area contributed by atoms with Gasteiger partial charge in [-0.05, 0) is 17.5 Å². The highest BCUT2D eigenvalue weighted by Gasteiger charge is 2.12. The van der Waals surface area contributed by atoms with E-state index in [-0.39, 0.29) is 0 Å². The lowest BCUT2D eigenvalue weighted by atomic mass is 10.0. The molecule has 1 aliphatic rings. The zero-order valence-electron chi connectivity index (χ0n) is 10.1. The van der Waals surface area contributed by atoms with Gasteiger partial charge in [0.15, 0.2) is 0 Å². The second-order valence-corrected chi connectivity index (χ2v) is 4.40. The van der Waals surface area contributed by atoms with Gasteiger partial charge in [-0.3, -0.25) is 9.79 Å². The van der Waals surface area contributed by atoms with E-state index < -0.39 is 12.0 Å². The molecule has 0 fully saturated rings. The quantitative estimate of drug-likeness (QED) is 0.693. The van der Waals surface area contributed by atoms with Crippen LogP contribution in [-0.4, -0.2) is 36.0 Å². The second kappa shape index (κ2) is 5.64. The number of nitrogens with two attached hydrogens (primary N) is 1. The van der Waals surface area contributed by atoms with Crippen LogP contribution in [0.4, 0.5) is 0 Å². The van der Waals surface area contributed by atoms with E-state index in [1.54, 1.807) is 0 Å². The van der Waals surface area contributed by atoms with Crippen LogP contribution in [0.3, 0.4) is 0 Å². The van der Waals surface area contributed by atoms with Crippen LogP contribution in [0.2, 0.25) is 0 Å². The fourth-order valence-electron chi connectivity index (χ4n) is 1.89. The molecular formula is C13H17N3O2. The van der Waals surface area contributed by atoms with Crippen LogP contribution >= 0.6 is 0 Å². The molecule has 0 aliphatic carbocycles. The molecular weight excluding hydrogens is 230 g/mol. The zero-order chi connectivity index (χ0) is 13.0. The zero-order valence-corrected chi connectivity index (χ0v) is 10.1. The first-order valence-corrected chi connectivity index (χ1v) is 5.98. The molecule has 0 unspecified atom stereocenters. The Bertz CT molecular complexity index is 454. The molecule has 1 aromatic rings. The normalized spacial score (nSPS) is 15.9. The summed E-state index contributed by atoms with van der Waals surface area (Å²) in [4.78, 5) is 15.0. The van der Waals surface area contributed by atoms with Gasteiger partial charge in [0, 0.05) is 13.0 Å². The van der Waals surface area contributed by atoms with Crippen LogP contribution < -0.4 is 11.1 Å². The maximum atomic E-state index is 10.7. The van der Waals surface area contributed by atoms with Crippen molar-refractivity contribution < 1.29 is 9.90 Å². The van der Waals surface area contributed by atoms with Crippen molar-refractivity contribution >= 4 is 11.8 Å². The standard InChI is InChI=1S/C13H17N3O2/c14-11(13(17)18)7-9-1-3-10(4-2-9)8-12-15-5-6-16-12/h1-4,11H,5-8,14H2,(H,15,16)(H,17,18)/t11-/m0/s1. The van der Waals surface area contributed by atoms with E-state index in [9.17, 15) is 4.79 Å². The average molecular weight is 247 g/mol. The summed E-state index contributed by atoms with van der Waals surface area (Å²) in [6, 6.07) is 7.00. The third-order valence-corrected chi connectivity index (χ3v) is 2.91. The van der Waals surface area contributed by atoms with Gasteiger partial charge in [-0.1, -0.05) is 24.3 Å². The van der Waals surface area contributed by atoms with E-state index in [1.807, 2.05) is 24.3 Å². The summed E-state index contributed by atoms with van der Waals surface area (Å²) >= 11 is 0. The Hall–Kier alpha value is -1.88. The lowest BCUT2D eigenvalue weighted by Gasteiger charge is -2.07. The Labute approximate surface area is 106 Å². The van der Waals surface area contributed by atoms with Crippen molar-refractivity contribution in [3.63, 3.8) is 0 Å². The number of nitrogens with zero attached hydrogens (tertiary/aromatic N) is 1. The minimum absolute atomic E-state index is 0.356. The maximum absolute atomic E-state index is 10.7. The van der Waals surface area contributed by atoms with E-state index in [1.165, 1.54) is 0 Å². The molecule has 5 heteroatoms. The molecule has 0 saturated carbocycles. The number of carboxylic acids is 1. The Morgan fingerprint density at radius 2 is 2.06 bits per heavy atom. The first-order chi connectivity index (χ1) is 8.65. The highest BCUT2D eigenvalue weighted by molar-refractivity contribution is 5.85. The number of rotatable bonds is 5. The van der Waals surface area contributed by atoms with Crippen LogP contribution in [0.5, 0.6) is 0 Å². The van der Waals surface area contributed by atoms with Gasteiger partial charge in [0.05, 0.1) is 6.54 Å². The monoisotopic (exact) mass is 247 g/mol. The number of carboxylic acid groups (broad SMARTS) is 1. The van der Waals surface area contributed by atoms with E-state index >= 15 is 0 Å². The van der Waals surface area contributed by atoms with Crippen LogP contribution in [0, 0.1) is 0 Å². The molecule has 1 aromatic carbocycles. The minimum Gasteiger partial charge on any atom is -0.480 e. The van der Waals surface area contributed by atoms with Crippen molar-refractivity contribution in [1.82, 2.24) is 5.32 Å². The minimum atomic E-state index is -0.969. The van der Waals surface area contributed by atoms with Crippen molar-refractivity contribution in [1.29, 1.82) is 0 Å². The van der Waals surface area contributed by atoms with Crippen LogP contribution in [-0.2, 0) is 17.6 Å². The van der Waals surface area contributed by atoms with Crippen LogP contribution in [0.15, 0.2) is 29.3 Å². The van der Waals surface area contributed by atoms with Gasteiger partial charge in [0.25, 0.3) is 0 Å². The van der Waals surface area contributed by atoms with Gasteiger partial charge >= 0.3 is 5.97 Å². The molecule has 0 saturated heterocycles. The molecule has 4 N–H and O–H groups in total. The summed E-state index contributed by atoms with van der Waals surface area (Å²) in [7, 11) is 0. The molecule has 1 atom stereocenters. The molecule has 0 spiro atoms. The fraction of sp³-hybridized carbons (Fsp3) is 0.385. The first-order valence-electron chi connectivity index (χ1n) is 5.98. The highest BCUT2D eigenvalue weighted by atomic mass is 16.4. The van der Waals surface area contributed by atoms with Crippen molar-refractivity contribution in [2.24, 2.45) is 10.7 Å². The third kappa shape index (κ3) is 3.30. The van der Waals surface area contributed by atoms with Gasteiger partial charge in [-0.15, -0.1) is 0 Å². The molecule has 5 nitrogen and oxygen atoms in total. The van der Waals surface area contributed by atoms with E-state index in [0.717, 1.165) is 36.5 Å². The average Bonchev–Trinajstić information content (AvgIpc) is 2.84. The predicted molar refractivity (Wildman–Crippen MR) is 69.8 cm³/mol. The summed E-state index contributed by atoms with van der Waals surface area (Å²) in [5, 5.41) is 12.0. The number of aliphatic carboxylic acids is 1. The van der Waals surface area contributed by atoms with Crippen molar-refractivity contribution in [3.05, 3.63) is 35.4 Å². The van der Waals surface area contributed by atoms with Crippen LogP contribution in [0.25, 0.3) is 0 Å². The van der Waals surface area contributed by atoms with Gasteiger partial charge < -0.3 is 16.2 Å². The SMILES string of the molecule is N[C@@H](Cc1ccc(CC2=NCCN2)cc1)C(=O)O. The summed E-state index contributed by atoms with van der Waals surface area (Å²) in [5.41, 5.74) is 7.59. The number of aliphatic imine (C=N–C) groups is 1. The topological polar surface area (TPSA) is 87.7 Å². The summed E-state index contributed by atoms with van der Waals surface area (Å²) < 4.78 is 0. The van der Waals surface area contributed by atoms with E-state index in [0.29, 0.717) is 6.42 Å². The summed E-state index contributed by atoms with van der Waals surface area (Å²) in [5.74, 6) is 0.0496. The van der Waals surface area contributed by atoms with Crippen LogP contribution in [0.1, 0.15) is 11.1 Å². The van der Waals surface area contributed by atoms with Crippen molar-refractivity contribution in [3.8, 4) is 0 Å². The lowest BCUT2D eigenvalue weighted by molar-refractivity contribution is -0.138. The molecule has 96 valence electrons. The molecule has 2 rings (SSSR count). The number of hydrogen-bond acceptors (Lipinski definition) is 4. The van der Waals surface area contributed by atoms with Crippen molar-refractivity contribution in [2.45, 2.75) is 18.9 Å². The number of carbonyl (C=O) groups is 1. The first kappa shape index (κ1) is 12.6. The Morgan fingerprint density at radius 1 is 1.39 bits per heavy atom. The van der Waals surface area contributed by atoms with Gasteiger partial charge in [0.1, 0.15) is 11.9 Å². The molecule has 1 aliphatic heterocycles. The third-order valence-electron chi connectivity index (χ3n) is 2.91. The Morgan fingerprint density at radius 3 is 2.61 bits per heavy atom. The molecule has 1 heterocycles. The molecule has 0 amide bonds. The van der Waals surface area contributed by atoms with Gasteiger partial charge in [-0.2, -0.15) is 0 Å². The lowest BCUT2D eigenvalue weighted by Crippen LogP contribution is -2.32. The largest absolute Gasteiger partial charge is 0.480 e. The van der Waals surface area contributed by atoms with Gasteiger partial charge in [-0.25, -0.2) is 0 Å². The number of amidine groups is 1. The number of nitrogens with one attached hydrogen (secondary N) is 1. The summed E-state index contributed by atoms with van der Waals surface area (Å²) in [6.45, 7) is 1.77. The van der Waals surface area contributed by atoms with E-state index in [4.69, 9.17) is 10.8 Å². The molecule has 0 aromatic heterocycles. The Kier molecular flexibility index (Phi) is 3.94. The Balaban J connectivity index is 1.94. The number of benzene rings is 1. The molecule has 18 heavy (non-hydrogen) atoms. The maximum Gasteiger partial charge on any atom is 0.320 e. The fourth-order valence-corrected chi connectivity index (χ4v) is 1.89. The van der Waals surface area contributed by atoms with Crippen molar-refractivity contribution in [2.75, 3.05) is 13.1 Å². The highest BCUT2D eigenvalue weighted by Crippen LogP contribution is 2.08. The molecule has 0 bridgehead atoms. The van der Waals surface area contributed by atoms with Gasteiger partial charge in [0.2, 0.25) is 0 Å². The smallest absolute Gasteiger partial charge is 0.320 e. The predicted octanol–water partition coefficient (Wildman–Crippen LogP) is 0.185. The summed E-state index contributed by atoms with van der Waals surface area (Å²) in [6.07, 6.45) is 1.15. The second-order valence-electron chi connectivity index (χ2n) is 4.40.